The highest BCUT2D eigenvalue weighted by atomic mass is 16.6. The van der Waals surface area contributed by atoms with Crippen LogP contribution in [0.15, 0.2) is 12.1 Å². The maximum absolute atomic E-state index is 12.5. The van der Waals surface area contributed by atoms with Crippen molar-refractivity contribution in [3.05, 3.63) is 27.9 Å². The number of amides is 1. The molecule has 0 bridgehead atoms. The molecule has 8 nitrogen and oxygen atoms in total. The van der Waals surface area contributed by atoms with Crippen LogP contribution in [0, 0.1) is 16.0 Å². The molecule has 1 fully saturated rings. The average Bonchev–Trinajstić information content (AvgIpc) is 2.79. The van der Waals surface area contributed by atoms with Gasteiger partial charge in [0.05, 0.1) is 7.05 Å². The van der Waals surface area contributed by atoms with Crippen molar-refractivity contribution in [3.63, 3.8) is 0 Å². The number of rotatable bonds is 3. The zero-order valence-corrected chi connectivity index (χ0v) is 11.9. The van der Waals surface area contributed by atoms with Crippen molar-refractivity contribution in [3.8, 4) is 0 Å². The summed E-state index contributed by atoms with van der Waals surface area (Å²) in [7, 11) is 1.42. The van der Waals surface area contributed by atoms with Crippen LogP contribution in [-0.2, 0) is 11.8 Å². The zero-order chi connectivity index (χ0) is 15.7. The van der Waals surface area contributed by atoms with Crippen molar-refractivity contribution in [1.29, 1.82) is 0 Å². The molecule has 0 aromatic carbocycles. The predicted molar refractivity (Wildman–Crippen MR) is 72.9 cm³/mol. The Morgan fingerprint density at radius 3 is 2.62 bits per heavy atom. The Balaban J connectivity index is 2.30. The highest BCUT2D eigenvalue weighted by molar-refractivity contribution is 5.96. The minimum atomic E-state index is -1.04. The largest absolute Gasteiger partial charge is 0.480 e. The summed E-state index contributed by atoms with van der Waals surface area (Å²) in [4.78, 5) is 35.4. The van der Waals surface area contributed by atoms with E-state index in [1.807, 2.05) is 6.92 Å². The lowest BCUT2D eigenvalue weighted by Gasteiger charge is -2.35. The highest BCUT2D eigenvalue weighted by Crippen LogP contribution is 2.25. The summed E-state index contributed by atoms with van der Waals surface area (Å²) in [5.74, 6) is -1.49. The maximum Gasteiger partial charge on any atom is 0.326 e. The summed E-state index contributed by atoms with van der Waals surface area (Å²) >= 11 is 0. The van der Waals surface area contributed by atoms with Gasteiger partial charge in [0.15, 0.2) is 5.69 Å². The lowest BCUT2D eigenvalue weighted by atomic mass is 9.92. The van der Waals surface area contributed by atoms with Crippen molar-refractivity contribution in [1.82, 2.24) is 9.47 Å². The van der Waals surface area contributed by atoms with Crippen LogP contribution in [0.4, 0.5) is 5.82 Å². The molecule has 114 valence electrons. The molecule has 2 heterocycles. The van der Waals surface area contributed by atoms with Crippen molar-refractivity contribution in [2.45, 2.75) is 25.8 Å². The second-order valence-electron chi connectivity index (χ2n) is 5.38. The average molecular weight is 295 g/mol. The predicted octanol–water partition coefficient (Wildman–Crippen LogP) is 1.26. The molecule has 1 amide bonds. The van der Waals surface area contributed by atoms with E-state index in [-0.39, 0.29) is 17.4 Å². The van der Waals surface area contributed by atoms with Crippen molar-refractivity contribution in [2.24, 2.45) is 13.0 Å². The Kier molecular flexibility index (Phi) is 3.97. The molecule has 1 aliphatic rings. The van der Waals surface area contributed by atoms with E-state index < -0.39 is 22.8 Å². The van der Waals surface area contributed by atoms with E-state index in [1.165, 1.54) is 28.6 Å². The number of likely N-dealkylation sites (tertiary alicyclic amines) is 1. The van der Waals surface area contributed by atoms with Crippen LogP contribution in [0.2, 0.25) is 0 Å². The Morgan fingerprint density at radius 1 is 1.43 bits per heavy atom. The summed E-state index contributed by atoms with van der Waals surface area (Å²) in [6, 6.07) is 1.72. The number of aromatic nitrogens is 1. The molecule has 8 heteroatoms. The quantitative estimate of drug-likeness (QED) is 0.667. The van der Waals surface area contributed by atoms with Crippen LogP contribution in [0.1, 0.15) is 30.3 Å². The molecular weight excluding hydrogens is 278 g/mol. The van der Waals surface area contributed by atoms with Crippen LogP contribution in [-0.4, -0.2) is 44.0 Å². The molecule has 21 heavy (non-hydrogen) atoms. The molecule has 0 radical (unpaired) electrons. The van der Waals surface area contributed by atoms with Gasteiger partial charge in [0.1, 0.15) is 6.04 Å². The summed E-state index contributed by atoms with van der Waals surface area (Å²) in [6.07, 6.45) is 1.12. The van der Waals surface area contributed by atoms with E-state index in [2.05, 4.69) is 0 Å². The minimum Gasteiger partial charge on any atom is -0.480 e. The molecular formula is C13H17N3O5. The molecule has 0 aliphatic carbocycles. The van der Waals surface area contributed by atoms with Gasteiger partial charge < -0.3 is 20.1 Å². The molecule has 2 unspecified atom stereocenters. The van der Waals surface area contributed by atoms with Gasteiger partial charge in [-0.05, 0) is 29.7 Å². The van der Waals surface area contributed by atoms with Crippen LogP contribution in [0.3, 0.4) is 0 Å². The fourth-order valence-corrected chi connectivity index (χ4v) is 2.66. The Labute approximate surface area is 121 Å². The number of carbonyl (C=O) groups excluding carboxylic acids is 1. The molecule has 1 aliphatic heterocycles. The fourth-order valence-electron chi connectivity index (χ4n) is 2.66. The molecule has 0 saturated carbocycles. The molecule has 1 N–H and O–H groups in total. The molecule has 1 aromatic rings. The van der Waals surface area contributed by atoms with Gasteiger partial charge in [-0.3, -0.25) is 4.79 Å². The molecule has 2 rings (SSSR count). The molecule has 0 spiro atoms. The molecule has 1 aromatic heterocycles. The van der Waals surface area contributed by atoms with E-state index >= 15 is 0 Å². The van der Waals surface area contributed by atoms with E-state index in [0.29, 0.717) is 13.0 Å². The third-order valence-corrected chi connectivity index (χ3v) is 3.91. The lowest BCUT2D eigenvalue weighted by molar-refractivity contribution is -0.391. The lowest BCUT2D eigenvalue weighted by Crippen LogP contribution is -2.50. The van der Waals surface area contributed by atoms with Gasteiger partial charge >= 0.3 is 11.8 Å². The first kappa shape index (κ1) is 15.0. The number of carboxylic acids is 1. The van der Waals surface area contributed by atoms with Crippen molar-refractivity contribution < 1.29 is 19.6 Å². The van der Waals surface area contributed by atoms with Crippen molar-refractivity contribution >= 4 is 17.7 Å². The smallest absolute Gasteiger partial charge is 0.326 e. The number of nitrogens with zero attached hydrogens (tertiary/aromatic N) is 3. The first-order chi connectivity index (χ1) is 9.82. The zero-order valence-electron chi connectivity index (χ0n) is 11.9. The van der Waals surface area contributed by atoms with E-state index in [0.717, 1.165) is 6.42 Å². The van der Waals surface area contributed by atoms with Gasteiger partial charge in [-0.2, -0.15) is 0 Å². The number of nitro groups is 1. The van der Waals surface area contributed by atoms with Gasteiger partial charge in [-0.1, -0.05) is 6.92 Å². The monoisotopic (exact) mass is 295 g/mol. The van der Waals surface area contributed by atoms with Crippen molar-refractivity contribution in [2.75, 3.05) is 6.54 Å². The number of aliphatic carboxylic acids is 1. The summed E-state index contributed by atoms with van der Waals surface area (Å²) < 4.78 is 1.18. The number of carbonyl (C=O) groups is 2. The topological polar surface area (TPSA) is 106 Å². The first-order valence-corrected chi connectivity index (χ1v) is 6.66. The van der Waals surface area contributed by atoms with Gasteiger partial charge in [0.2, 0.25) is 0 Å². The van der Waals surface area contributed by atoms with Crippen LogP contribution >= 0.6 is 0 Å². The standard InChI is InChI=1S/C13H17N3O5/c1-8-5-6-15(10(7-8)13(18)19)12(17)9-3-4-11(14(9)2)16(20)21/h3-4,8,10H,5-7H2,1-2H3,(H,18,19). The van der Waals surface area contributed by atoms with E-state index in [9.17, 15) is 24.8 Å². The maximum atomic E-state index is 12.5. The second kappa shape index (κ2) is 5.55. The molecule has 1 saturated heterocycles. The number of carboxylic acid groups (broad SMARTS) is 1. The van der Waals surface area contributed by atoms with Gasteiger partial charge in [-0.15, -0.1) is 0 Å². The fraction of sp³-hybridized carbons (Fsp3) is 0.538. The SMILES string of the molecule is CC1CCN(C(=O)c2ccc([N+](=O)[O-])n2C)C(C(=O)O)C1. The van der Waals surface area contributed by atoms with E-state index in [1.54, 1.807) is 0 Å². The van der Waals surface area contributed by atoms with Gasteiger partial charge in [-0.25, -0.2) is 9.36 Å². The molecule has 2 atom stereocenters. The summed E-state index contributed by atoms with van der Waals surface area (Å²) in [5, 5.41) is 20.1. The normalized spacial score (nSPS) is 22.1. The van der Waals surface area contributed by atoms with E-state index in [4.69, 9.17) is 0 Å². The van der Waals surface area contributed by atoms with Gasteiger partial charge in [0.25, 0.3) is 5.91 Å². The Morgan fingerprint density at radius 2 is 2.10 bits per heavy atom. The Bertz CT molecular complexity index is 595. The third-order valence-electron chi connectivity index (χ3n) is 3.91. The number of hydrogen-bond donors (Lipinski definition) is 1. The van der Waals surface area contributed by atoms with Crippen LogP contribution in [0.5, 0.6) is 0 Å². The van der Waals surface area contributed by atoms with Gasteiger partial charge in [0, 0.05) is 12.6 Å². The van der Waals surface area contributed by atoms with Crippen LogP contribution < -0.4 is 0 Å². The number of hydrogen-bond acceptors (Lipinski definition) is 4. The Hall–Kier alpha value is -2.38. The third kappa shape index (κ3) is 2.74. The second-order valence-corrected chi connectivity index (χ2v) is 5.38. The summed E-state index contributed by atoms with van der Waals surface area (Å²) in [5.41, 5.74) is 0.127. The first-order valence-electron chi connectivity index (χ1n) is 6.66. The summed E-state index contributed by atoms with van der Waals surface area (Å²) in [6.45, 7) is 2.29. The minimum absolute atomic E-state index is 0.127. The number of piperidine rings is 1. The highest BCUT2D eigenvalue weighted by Gasteiger charge is 2.37. The van der Waals surface area contributed by atoms with Crippen LogP contribution in [0.25, 0.3) is 0 Å².